The monoisotopic (exact) mass is 840 g/mol. The number of rotatable bonds is 23. The minimum atomic E-state index is -0.891. The molecule has 2 aromatic rings. The van der Waals surface area contributed by atoms with Crippen LogP contribution in [0.1, 0.15) is 121 Å². The Labute approximate surface area is 355 Å². The van der Waals surface area contributed by atoms with Gasteiger partial charge in [0, 0.05) is 37.1 Å². The lowest BCUT2D eigenvalue weighted by molar-refractivity contribution is -0.158. The number of nitrogens with one attached hydrogen (secondary N) is 2. The van der Waals surface area contributed by atoms with Gasteiger partial charge in [0.15, 0.2) is 6.73 Å². The maximum Gasteiger partial charge on any atom is 0.308 e. The van der Waals surface area contributed by atoms with Crippen LogP contribution in [0.15, 0.2) is 41.8 Å². The van der Waals surface area contributed by atoms with E-state index in [0.29, 0.717) is 42.0 Å². The summed E-state index contributed by atoms with van der Waals surface area (Å²) in [4.78, 5) is 75.8. The normalized spacial score (nSPS) is 17.5. The molecule has 7 atom stereocenters. The Bertz CT molecular complexity index is 1700. The van der Waals surface area contributed by atoms with Gasteiger partial charge in [0.2, 0.25) is 11.8 Å². The number of nitrogens with two attached hydrogens (primary N) is 1. The molecule has 59 heavy (non-hydrogen) atoms. The summed E-state index contributed by atoms with van der Waals surface area (Å²) in [6, 6.07) is 5.00. The van der Waals surface area contributed by atoms with Crippen molar-refractivity contribution in [2.24, 2.45) is 17.8 Å². The molecule has 15 heteroatoms. The third kappa shape index (κ3) is 15.0. The van der Waals surface area contributed by atoms with E-state index in [4.69, 9.17) is 19.9 Å². The highest BCUT2D eigenvalue weighted by Gasteiger charge is 2.38. The number of hydrogen-bond donors (Lipinski definition) is 3. The standard InChI is InChI=1S/C44H68N6O8S/c1-11-29(7)39(48-41(53)35-15-13-14-20-49(35)9)43(54)50(26-58-38(51)21-27(3)4)36(28(5)6)24-37(56-10)42-47-34(25-59-42)40(52)46-33(22-30(8)44(55)57-12-2)23-31-16-18-32(45)19-17-31/h16-19,25,27,29-30,33,35-37,39H,5,11-15,20-24,26,45H2,1-4,6-10H3,(H,46,52)(H,48,53). The summed E-state index contributed by atoms with van der Waals surface area (Å²) in [5.74, 6) is -2.45. The number of likely N-dealkylation sites (tertiary alicyclic amines) is 1. The largest absolute Gasteiger partial charge is 0.466 e. The van der Waals surface area contributed by atoms with Gasteiger partial charge >= 0.3 is 11.9 Å². The Balaban J connectivity index is 1.90. The Kier molecular flexibility index (Phi) is 20.0. The number of ether oxygens (including phenoxy) is 3. The first-order chi connectivity index (χ1) is 28.0. The summed E-state index contributed by atoms with van der Waals surface area (Å²) in [5, 5.41) is 8.29. The topological polar surface area (TPSA) is 182 Å². The van der Waals surface area contributed by atoms with E-state index in [-0.39, 0.29) is 61.6 Å². The lowest BCUT2D eigenvalue weighted by Crippen LogP contribution is -2.58. The number of methoxy groups -OCH3 is 1. The number of piperidine rings is 1. The molecule has 7 unspecified atom stereocenters. The lowest BCUT2D eigenvalue weighted by atomic mass is 9.94. The van der Waals surface area contributed by atoms with E-state index in [1.807, 2.05) is 51.8 Å². The second-order valence-corrected chi connectivity index (χ2v) is 17.2. The number of benzene rings is 1. The summed E-state index contributed by atoms with van der Waals surface area (Å²) in [5.41, 5.74) is 8.24. The lowest BCUT2D eigenvalue weighted by Gasteiger charge is -2.38. The highest BCUT2D eigenvalue weighted by Crippen LogP contribution is 2.31. The summed E-state index contributed by atoms with van der Waals surface area (Å²) in [6.07, 6.45) is 3.71. The van der Waals surface area contributed by atoms with Gasteiger partial charge in [-0.3, -0.25) is 28.9 Å². The first-order valence-electron chi connectivity index (χ1n) is 20.9. The quantitative estimate of drug-likeness (QED) is 0.0512. The van der Waals surface area contributed by atoms with E-state index in [1.165, 1.54) is 23.3 Å². The van der Waals surface area contributed by atoms with Crippen LogP contribution in [0.25, 0.3) is 0 Å². The molecule has 3 rings (SSSR count). The molecule has 1 fully saturated rings. The Morgan fingerprint density at radius 2 is 1.73 bits per heavy atom. The fraction of sp³-hybridized carbons (Fsp3) is 0.636. The number of hydrogen-bond acceptors (Lipinski definition) is 12. The molecule has 1 saturated heterocycles. The number of esters is 2. The van der Waals surface area contributed by atoms with Crippen molar-refractivity contribution in [1.29, 1.82) is 0 Å². The number of carbonyl (C=O) groups is 5. The fourth-order valence-electron chi connectivity index (χ4n) is 7.19. The maximum atomic E-state index is 14.8. The van der Waals surface area contributed by atoms with Crippen molar-refractivity contribution in [3.05, 3.63) is 58.1 Å². The van der Waals surface area contributed by atoms with Crippen molar-refractivity contribution >= 4 is 46.7 Å². The summed E-state index contributed by atoms with van der Waals surface area (Å²) in [7, 11) is 3.45. The Hall–Kier alpha value is -4.34. The highest BCUT2D eigenvalue weighted by atomic mass is 32.1. The van der Waals surface area contributed by atoms with Gasteiger partial charge in [-0.15, -0.1) is 11.3 Å². The van der Waals surface area contributed by atoms with Crippen molar-refractivity contribution < 1.29 is 38.2 Å². The first kappa shape index (κ1) is 49.0. The Morgan fingerprint density at radius 3 is 2.32 bits per heavy atom. The molecule has 0 aliphatic carbocycles. The van der Waals surface area contributed by atoms with Crippen molar-refractivity contribution in [3.63, 3.8) is 0 Å². The van der Waals surface area contributed by atoms with Gasteiger partial charge in [-0.1, -0.05) is 71.7 Å². The van der Waals surface area contributed by atoms with Crippen LogP contribution in [0, 0.1) is 17.8 Å². The molecule has 0 spiro atoms. The molecular formula is C44H68N6O8S. The molecule has 14 nitrogen and oxygen atoms in total. The highest BCUT2D eigenvalue weighted by molar-refractivity contribution is 7.09. The molecule has 1 aromatic heterocycles. The van der Waals surface area contributed by atoms with Gasteiger partial charge in [0.1, 0.15) is 22.8 Å². The third-order valence-corrected chi connectivity index (χ3v) is 11.8. The summed E-state index contributed by atoms with van der Waals surface area (Å²) >= 11 is 1.24. The fourth-order valence-corrected chi connectivity index (χ4v) is 8.08. The van der Waals surface area contributed by atoms with Crippen molar-refractivity contribution in [3.8, 4) is 0 Å². The smallest absolute Gasteiger partial charge is 0.308 e. The molecule has 0 saturated carbocycles. The van der Waals surface area contributed by atoms with Gasteiger partial charge in [-0.25, -0.2) is 4.98 Å². The van der Waals surface area contributed by atoms with Crippen LogP contribution in [0.5, 0.6) is 0 Å². The number of nitrogens with zero attached hydrogens (tertiary/aromatic N) is 3. The average Bonchev–Trinajstić information content (AvgIpc) is 3.69. The van der Waals surface area contributed by atoms with E-state index < -0.39 is 47.9 Å². The van der Waals surface area contributed by atoms with E-state index in [9.17, 15) is 24.0 Å². The molecule has 1 aliphatic heterocycles. The molecule has 0 radical (unpaired) electrons. The predicted octanol–water partition coefficient (Wildman–Crippen LogP) is 6.07. The summed E-state index contributed by atoms with van der Waals surface area (Å²) in [6.45, 7) is 18.0. The van der Waals surface area contributed by atoms with Crippen LogP contribution in [-0.2, 0) is 39.8 Å². The number of anilines is 1. The van der Waals surface area contributed by atoms with E-state index >= 15 is 0 Å². The first-order valence-corrected chi connectivity index (χ1v) is 21.8. The Morgan fingerprint density at radius 1 is 1.03 bits per heavy atom. The predicted molar refractivity (Wildman–Crippen MR) is 230 cm³/mol. The molecule has 2 heterocycles. The number of carbonyl (C=O) groups excluding carboxylic acids is 5. The molecule has 4 N–H and O–H groups in total. The molecule has 1 aliphatic rings. The molecule has 0 bridgehead atoms. The zero-order valence-corrected chi connectivity index (χ0v) is 37.4. The second-order valence-electron chi connectivity index (χ2n) is 16.3. The number of thiazole rings is 1. The van der Waals surface area contributed by atoms with Gasteiger partial charge < -0.3 is 35.5 Å². The number of nitrogen functional groups attached to an aromatic ring is 1. The van der Waals surface area contributed by atoms with Crippen LogP contribution in [0.3, 0.4) is 0 Å². The van der Waals surface area contributed by atoms with Crippen molar-refractivity contribution in [2.45, 2.75) is 130 Å². The molecule has 1 aromatic carbocycles. The van der Waals surface area contributed by atoms with Crippen LogP contribution >= 0.6 is 11.3 Å². The number of likely N-dealkylation sites (N-methyl/N-ethyl adjacent to an activating group) is 1. The van der Waals surface area contributed by atoms with E-state index in [1.54, 1.807) is 38.3 Å². The zero-order valence-electron chi connectivity index (χ0n) is 36.6. The van der Waals surface area contributed by atoms with Crippen LogP contribution < -0.4 is 16.4 Å². The van der Waals surface area contributed by atoms with Crippen LogP contribution in [0.2, 0.25) is 0 Å². The SMILES string of the molecule is C=C(C)C(CC(OC)c1nc(C(=O)NC(Cc2ccc(N)cc2)CC(C)C(=O)OCC)cs1)N(COC(=O)CC(C)C)C(=O)C(NC(=O)C1CCCCN1C)C(C)CC. The average molecular weight is 841 g/mol. The maximum absolute atomic E-state index is 14.8. The van der Waals surface area contributed by atoms with Crippen LogP contribution in [0.4, 0.5) is 5.69 Å². The van der Waals surface area contributed by atoms with Gasteiger partial charge in [0.25, 0.3) is 5.91 Å². The van der Waals surface area contributed by atoms with Crippen molar-refractivity contribution in [1.82, 2.24) is 25.4 Å². The third-order valence-electron chi connectivity index (χ3n) is 10.9. The molecule has 3 amide bonds. The molecule has 328 valence electrons. The minimum Gasteiger partial charge on any atom is -0.466 e. The summed E-state index contributed by atoms with van der Waals surface area (Å²) < 4.78 is 16.9. The second kappa shape index (κ2) is 24.0. The van der Waals surface area contributed by atoms with Crippen molar-refractivity contribution in [2.75, 3.05) is 39.8 Å². The van der Waals surface area contributed by atoms with E-state index in [0.717, 1.165) is 24.9 Å². The van der Waals surface area contributed by atoms with Gasteiger partial charge in [-0.2, -0.15) is 0 Å². The van der Waals surface area contributed by atoms with Gasteiger partial charge in [0.05, 0.1) is 24.6 Å². The van der Waals surface area contributed by atoms with Gasteiger partial charge in [-0.05, 0) is 82.7 Å². The zero-order chi connectivity index (χ0) is 43.8. The minimum absolute atomic E-state index is 0.0475. The molecular weight excluding hydrogens is 773 g/mol. The number of aromatic nitrogens is 1. The van der Waals surface area contributed by atoms with Crippen LogP contribution in [-0.4, -0.2) is 103 Å². The number of amides is 3. The van der Waals surface area contributed by atoms with E-state index in [2.05, 4.69) is 22.2 Å².